The summed E-state index contributed by atoms with van der Waals surface area (Å²) in [6, 6.07) is 7.65. The fraction of sp³-hybridized carbons (Fsp3) is 0.350. The Hall–Kier alpha value is -2.89. The van der Waals surface area contributed by atoms with Crippen LogP contribution < -0.4 is 5.32 Å². The van der Waals surface area contributed by atoms with Gasteiger partial charge in [0, 0.05) is 12.6 Å². The van der Waals surface area contributed by atoms with Crippen LogP contribution in [0.5, 0.6) is 0 Å². The predicted octanol–water partition coefficient (Wildman–Crippen LogP) is 3.04. The molecule has 0 bridgehead atoms. The summed E-state index contributed by atoms with van der Waals surface area (Å²) >= 11 is 0. The van der Waals surface area contributed by atoms with Crippen LogP contribution in [0.25, 0.3) is 0 Å². The van der Waals surface area contributed by atoms with Crippen LogP contribution in [0.15, 0.2) is 24.3 Å². The van der Waals surface area contributed by atoms with E-state index < -0.39 is 5.97 Å². The Kier molecular flexibility index (Phi) is 5.97. The molecule has 1 heterocycles. The van der Waals surface area contributed by atoms with Crippen molar-refractivity contribution in [3.8, 4) is 0 Å². The number of methoxy groups -OCH3 is 1. The van der Waals surface area contributed by atoms with Crippen LogP contribution in [0.2, 0.25) is 0 Å². The number of amides is 1. The van der Waals surface area contributed by atoms with Crippen molar-refractivity contribution in [3.63, 3.8) is 0 Å². The van der Waals surface area contributed by atoms with E-state index in [0.29, 0.717) is 17.0 Å². The molecule has 0 radical (unpaired) electrons. The van der Waals surface area contributed by atoms with Crippen LogP contribution in [0.3, 0.4) is 0 Å². The van der Waals surface area contributed by atoms with Crippen molar-refractivity contribution in [3.05, 3.63) is 57.9 Å². The van der Waals surface area contributed by atoms with Crippen LogP contribution in [0.1, 0.15) is 63.1 Å². The molecule has 0 saturated heterocycles. The van der Waals surface area contributed by atoms with Gasteiger partial charge in [-0.15, -0.1) is 0 Å². The summed E-state index contributed by atoms with van der Waals surface area (Å²) in [5, 5.41) is 2.93. The maximum atomic E-state index is 12.5. The van der Waals surface area contributed by atoms with Crippen LogP contribution in [-0.2, 0) is 16.0 Å². The molecule has 138 valence electrons. The minimum atomic E-state index is -0.569. The second kappa shape index (κ2) is 7.99. The zero-order valence-electron chi connectivity index (χ0n) is 15.7. The lowest BCUT2D eigenvalue weighted by atomic mass is 10.0. The molecule has 0 saturated carbocycles. The van der Waals surface area contributed by atoms with Crippen LogP contribution in [0, 0.1) is 13.8 Å². The number of carbonyl (C=O) groups excluding carboxylic acids is 3. The van der Waals surface area contributed by atoms with Gasteiger partial charge in [0.2, 0.25) is 5.91 Å². The number of hydrogen-bond donors (Lipinski definition) is 2. The third kappa shape index (κ3) is 4.02. The molecule has 0 spiro atoms. The number of nitrogens with one attached hydrogen (secondary N) is 2. The van der Waals surface area contributed by atoms with Gasteiger partial charge in [0.15, 0.2) is 5.78 Å². The second-order valence-electron chi connectivity index (χ2n) is 6.35. The summed E-state index contributed by atoms with van der Waals surface area (Å²) in [6.45, 7) is 6.96. The van der Waals surface area contributed by atoms with E-state index >= 15 is 0 Å². The summed E-state index contributed by atoms with van der Waals surface area (Å²) in [6.07, 6.45) is -0.0469. The molecule has 2 rings (SSSR count). The molecule has 0 aliphatic heterocycles. The molecule has 0 aliphatic rings. The molecule has 2 aromatic rings. The maximum Gasteiger partial charge on any atom is 0.339 e. The molecule has 2 N–H and O–H groups in total. The number of benzene rings is 1. The third-order valence-electron chi connectivity index (χ3n) is 4.44. The highest BCUT2D eigenvalue weighted by Gasteiger charge is 2.24. The summed E-state index contributed by atoms with van der Waals surface area (Å²) in [5.41, 5.74) is 3.57. The SMILES string of the molecule is COC(=O)c1c(CC(=O)NC(C)c2ccccc2C)[nH]c(C(C)=O)c1C. The van der Waals surface area contributed by atoms with E-state index in [0.717, 1.165) is 11.1 Å². The highest BCUT2D eigenvalue weighted by molar-refractivity contribution is 6.01. The van der Waals surface area contributed by atoms with Gasteiger partial charge >= 0.3 is 5.97 Å². The van der Waals surface area contributed by atoms with Gasteiger partial charge in [-0.2, -0.15) is 0 Å². The lowest BCUT2D eigenvalue weighted by Gasteiger charge is -2.16. The Balaban J connectivity index is 2.23. The summed E-state index contributed by atoms with van der Waals surface area (Å²) in [7, 11) is 1.27. The second-order valence-corrected chi connectivity index (χ2v) is 6.35. The Bertz CT molecular complexity index is 851. The standard InChI is InChI=1S/C20H24N2O4/c1-11-8-6-7-9-15(11)13(3)21-17(24)10-16-18(20(25)26-5)12(2)19(22-16)14(4)23/h6-9,13,22H,10H2,1-5H3,(H,21,24). The first-order valence-corrected chi connectivity index (χ1v) is 8.41. The van der Waals surface area contributed by atoms with Gasteiger partial charge in [-0.1, -0.05) is 24.3 Å². The Morgan fingerprint density at radius 2 is 1.85 bits per heavy atom. The molecule has 1 amide bonds. The van der Waals surface area contributed by atoms with E-state index in [4.69, 9.17) is 4.74 Å². The van der Waals surface area contributed by atoms with Crippen molar-refractivity contribution in [1.29, 1.82) is 0 Å². The first-order chi connectivity index (χ1) is 12.3. The Morgan fingerprint density at radius 1 is 1.19 bits per heavy atom. The summed E-state index contributed by atoms with van der Waals surface area (Å²) < 4.78 is 4.80. The predicted molar refractivity (Wildman–Crippen MR) is 98.3 cm³/mol. The minimum Gasteiger partial charge on any atom is -0.465 e. The van der Waals surface area contributed by atoms with Crippen molar-refractivity contribution in [2.24, 2.45) is 0 Å². The molecular weight excluding hydrogens is 332 g/mol. The number of aromatic amines is 1. The van der Waals surface area contributed by atoms with Gasteiger partial charge in [0.05, 0.1) is 30.8 Å². The molecule has 0 aliphatic carbocycles. The molecule has 1 unspecified atom stereocenters. The monoisotopic (exact) mass is 356 g/mol. The minimum absolute atomic E-state index is 0.0469. The zero-order chi connectivity index (χ0) is 19.4. The zero-order valence-corrected chi connectivity index (χ0v) is 15.7. The van der Waals surface area contributed by atoms with Crippen LogP contribution in [-0.4, -0.2) is 29.8 Å². The highest BCUT2D eigenvalue weighted by Crippen LogP contribution is 2.21. The average molecular weight is 356 g/mol. The smallest absolute Gasteiger partial charge is 0.339 e. The molecule has 6 heteroatoms. The van der Waals surface area contributed by atoms with Crippen molar-refractivity contribution < 1.29 is 19.1 Å². The lowest BCUT2D eigenvalue weighted by molar-refractivity contribution is -0.121. The number of carbonyl (C=O) groups is 3. The largest absolute Gasteiger partial charge is 0.465 e. The van der Waals surface area contributed by atoms with Crippen LogP contribution in [0.4, 0.5) is 0 Å². The van der Waals surface area contributed by atoms with E-state index in [-0.39, 0.29) is 29.7 Å². The Labute approximate surface area is 152 Å². The Morgan fingerprint density at radius 3 is 2.42 bits per heavy atom. The number of Topliss-reactive ketones (excluding diaryl/α,β-unsaturated/α-hetero) is 1. The molecule has 1 atom stereocenters. The van der Waals surface area contributed by atoms with Gasteiger partial charge < -0.3 is 15.0 Å². The lowest BCUT2D eigenvalue weighted by Crippen LogP contribution is -2.29. The van der Waals surface area contributed by atoms with Crippen molar-refractivity contribution >= 4 is 17.7 Å². The van der Waals surface area contributed by atoms with Gasteiger partial charge in [0.25, 0.3) is 0 Å². The molecule has 1 aromatic heterocycles. The van der Waals surface area contributed by atoms with Gasteiger partial charge in [0.1, 0.15) is 0 Å². The van der Waals surface area contributed by atoms with E-state index in [2.05, 4.69) is 10.3 Å². The number of rotatable bonds is 6. The first kappa shape index (κ1) is 19.4. The average Bonchev–Trinajstić information content (AvgIpc) is 2.90. The molecule has 6 nitrogen and oxygen atoms in total. The first-order valence-electron chi connectivity index (χ1n) is 8.41. The number of aryl methyl sites for hydroxylation is 1. The summed E-state index contributed by atoms with van der Waals surface area (Å²) in [5.74, 6) is -1.02. The van der Waals surface area contributed by atoms with Crippen LogP contribution >= 0.6 is 0 Å². The van der Waals surface area contributed by atoms with Crippen molar-refractivity contribution in [2.45, 2.75) is 40.2 Å². The number of hydrogen-bond acceptors (Lipinski definition) is 4. The number of ketones is 1. The molecule has 0 fully saturated rings. The van der Waals surface area contributed by atoms with Crippen molar-refractivity contribution in [1.82, 2.24) is 10.3 Å². The van der Waals surface area contributed by atoms with E-state index in [1.807, 2.05) is 38.1 Å². The maximum absolute atomic E-state index is 12.5. The van der Waals surface area contributed by atoms with Gasteiger partial charge in [-0.3, -0.25) is 9.59 Å². The fourth-order valence-corrected chi connectivity index (χ4v) is 3.12. The number of esters is 1. The van der Waals surface area contributed by atoms with Gasteiger partial charge in [-0.05, 0) is 37.5 Å². The third-order valence-corrected chi connectivity index (χ3v) is 4.44. The fourth-order valence-electron chi connectivity index (χ4n) is 3.12. The van der Waals surface area contributed by atoms with Crippen molar-refractivity contribution in [2.75, 3.05) is 7.11 Å². The molecular formula is C20H24N2O4. The number of H-pyrrole nitrogens is 1. The highest BCUT2D eigenvalue weighted by atomic mass is 16.5. The van der Waals surface area contributed by atoms with Gasteiger partial charge in [-0.25, -0.2) is 4.79 Å². The summed E-state index contributed by atoms with van der Waals surface area (Å²) in [4.78, 5) is 39.2. The number of ether oxygens (including phenoxy) is 1. The molecule has 26 heavy (non-hydrogen) atoms. The normalized spacial score (nSPS) is 11.7. The van der Waals surface area contributed by atoms with E-state index in [9.17, 15) is 14.4 Å². The quantitative estimate of drug-likeness (QED) is 0.615. The topological polar surface area (TPSA) is 88.3 Å². The van der Waals surface area contributed by atoms with E-state index in [1.54, 1.807) is 6.92 Å². The van der Waals surface area contributed by atoms with E-state index in [1.165, 1.54) is 14.0 Å². The number of aromatic nitrogens is 1. The molecule has 1 aromatic carbocycles.